The summed E-state index contributed by atoms with van der Waals surface area (Å²) < 4.78 is 5.76. The Labute approximate surface area is 94.7 Å². The number of nitrogens with one attached hydrogen (secondary N) is 2. The SMILES string of the molecule is CN=C(NN)NCC1Cc2ccccc2O1. The zero-order chi connectivity index (χ0) is 11.4. The number of fused-ring (bicyclic) bond motifs is 1. The lowest BCUT2D eigenvalue weighted by molar-refractivity contribution is 0.235. The van der Waals surface area contributed by atoms with Crippen molar-refractivity contribution in [1.29, 1.82) is 0 Å². The molecule has 0 aromatic heterocycles. The van der Waals surface area contributed by atoms with Gasteiger partial charge in [-0.3, -0.25) is 10.4 Å². The number of ether oxygens (including phenoxy) is 1. The van der Waals surface area contributed by atoms with Gasteiger partial charge in [-0.05, 0) is 11.6 Å². The van der Waals surface area contributed by atoms with Crippen LogP contribution in [0.1, 0.15) is 5.56 Å². The second-order valence-corrected chi connectivity index (χ2v) is 3.65. The van der Waals surface area contributed by atoms with Gasteiger partial charge in [-0.2, -0.15) is 0 Å². The molecule has 0 saturated heterocycles. The molecule has 0 saturated carbocycles. The maximum Gasteiger partial charge on any atom is 0.205 e. The van der Waals surface area contributed by atoms with Crippen LogP contribution in [0.3, 0.4) is 0 Å². The maximum atomic E-state index is 5.76. The van der Waals surface area contributed by atoms with E-state index in [1.807, 2.05) is 18.2 Å². The minimum absolute atomic E-state index is 0.141. The van der Waals surface area contributed by atoms with Crippen LogP contribution in [0.25, 0.3) is 0 Å². The molecule has 5 heteroatoms. The van der Waals surface area contributed by atoms with Crippen LogP contribution >= 0.6 is 0 Å². The van der Waals surface area contributed by atoms with Crippen molar-refractivity contribution in [2.45, 2.75) is 12.5 Å². The van der Waals surface area contributed by atoms with Crippen molar-refractivity contribution in [1.82, 2.24) is 10.7 Å². The highest BCUT2D eigenvalue weighted by molar-refractivity contribution is 5.78. The van der Waals surface area contributed by atoms with Crippen LogP contribution in [0, 0.1) is 0 Å². The smallest absolute Gasteiger partial charge is 0.205 e. The fraction of sp³-hybridized carbons (Fsp3) is 0.364. The van der Waals surface area contributed by atoms with Gasteiger partial charge in [-0.25, -0.2) is 5.84 Å². The summed E-state index contributed by atoms with van der Waals surface area (Å²) in [6.45, 7) is 0.686. The van der Waals surface area contributed by atoms with E-state index in [-0.39, 0.29) is 6.10 Å². The first-order valence-corrected chi connectivity index (χ1v) is 5.25. The third-order valence-electron chi connectivity index (χ3n) is 2.57. The van der Waals surface area contributed by atoms with Crippen molar-refractivity contribution in [3.05, 3.63) is 29.8 Å². The van der Waals surface area contributed by atoms with Crippen LogP contribution in [0.4, 0.5) is 0 Å². The lowest BCUT2D eigenvalue weighted by Gasteiger charge is -2.13. The molecule has 16 heavy (non-hydrogen) atoms. The summed E-state index contributed by atoms with van der Waals surface area (Å²) in [5, 5.41) is 3.08. The number of nitrogens with two attached hydrogens (primary N) is 1. The number of hydrogen-bond donors (Lipinski definition) is 3. The average molecular weight is 220 g/mol. The van der Waals surface area contributed by atoms with Gasteiger partial charge in [-0.1, -0.05) is 18.2 Å². The molecule has 0 spiro atoms. The molecule has 1 heterocycles. The molecular weight excluding hydrogens is 204 g/mol. The molecule has 0 fully saturated rings. The van der Waals surface area contributed by atoms with Crippen LogP contribution in [0.5, 0.6) is 5.75 Å². The van der Waals surface area contributed by atoms with E-state index in [0.29, 0.717) is 12.5 Å². The van der Waals surface area contributed by atoms with Crippen molar-refractivity contribution in [3.8, 4) is 5.75 Å². The normalized spacial score (nSPS) is 18.9. The van der Waals surface area contributed by atoms with Gasteiger partial charge in [0.05, 0.1) is 6.54 Å². The molecule has 2 rings (SSSR count). The topological polar surface area (TPSA) is 71.7 Å². The standard InChI is InChI=1S/C11H16N4O/c1-13-11(15-12)14-7-9-6-8-4-2-3-5-10(8)16-9/h2-5,9H,6-7,12H2,1H3,(H2,13,14,15). The third-order valence-corrected chi connectivity index (χ3v) is 2.57. The summed E-state index contributed by atoms with van der Waals surface area (Å²) in [7, 11) is 1.67. The van der Waals surface area contributed by atoms with E-state index in [0.717, 1.165) is 12.2 Å². The Kier molecular flexibility index (Phi) is 3.26. The monoisotopic (exact) mass is 220 g/mol. The van der Waals surface area contributed by atoms with Gasteiger partial charge in [0.2, 0.25) is 5.96 Å². The Morgan fingerprint density at radius 3 is 3.06 bits per heavy atom. The highest BCUT2D eigenvalue weighted by Crippen LogP contribution is 2.27. The molecule has 1 atom stereocenters. The van der Waals surface area contributed by atoms with E-state index in [4.69, 9.17) is 10.6 Å². The first kappa shape index (κ1) is 10.8. The van der Waals surface area contributed by atoms with Crippen molar-refractivity contribution in [2.75, 3.05) is 13.6 Å². The molecule has 5 nitrogen and oxygen atoms in total. The van der Waals surface area contributed by atoms with Crippen LogP contribution in [-0.2, 0) is 6.42 Å². The number of aliphatic imine (C=N–C) groups is 1. The van der Waals surface area contributed by atoms with Gasteiger partial charge in [0.1, 0.15) is 11.9 Å². The van der Waals surface area contributed by atoms with E-state index in [9.17, 15) is 0 Å². The van der Waals surface area contributed by atoms with Crippen molar-refractivity contribution in [3.63, 3.8) is 0 Å². The molecule has 0 radical (unpaired) electrons. The molecule has 1 aliphatic heterocycles. The zero-order valence-corrected chi connectivity index (χ0v) is 9.23. The lowest BCUT2D eigenvalue weighted by Crippen LogP contribution is -2.45. The van der Waals surface area contributed by atoms with E-state index < -0.39 is 0 Å². The minimum atomic E-state index is 0.141. The Morgan fingerprint density at radius 1 is 1.56 bits per heavy atom. The van der Waals surface area contributed by atoms with E-state index in [2.05, 4.69) is 21.8 Å². The largest absolute Gasteiger partial charge is 0.488 e. The molecule has 1 aromatic rings. The Hall–Kier alpha value is -1.75. The second kappa shape index (κ2) is 4.85. The summed E-state index contributed by atoms with van der Waals surface area (Å²) in [4.78, 5) is 3.93. The minimum Gasteiger partial charge on any atom is -0.488 e. The molecular formula is C11H16N4O. The van der Waals surface area contributed by atoms with Gasteiger partial charge in [0.15, 0.2) is 0 Å². The number of guanidine groups is 1. The van der Waals surface area contributed by atoms with Gasteiger partial charge in [-0.15, -0.1) is 0 Å². The Morgan fingerprint density at radius 2 is 2.38 bits per heavy atom. The molecule has 1 aromatic carbocycles. The summed E-state index contributed by atoms with van der Waals surface area (Å²) >= 11 is 0. The average Bonchev–Trinajstić information content (AvgIpc) is 2.73. The quantitative estimate of drug-likeness (QED) is 0.284. The Balaban J connectivity index is 1.88. The number of hydrogen-bond acceptors (Lipinski definition) is 3. The van der Waals surface area contributed by atoms with E-state index in [1.54, 1.807) is 7.05 Å². The van der Waals surface area contributed by atoms with Crippen LogP contribution in [0.2, 0.25) is 0 Å². The molecule has 86 valence electrons. The summed E-state index contributed by atoms with van der Waals surface area (Å²) in [6.07, 6.45) is 1.06. The third kappa shape index (κ3) is 2.25. The molecule has 0 amide bonds. The highest BCUT2D eigenvalue weighted by atomic mass is 16.5. The van der Waals surface area contributed by atoms with Crippen LogP contribution in [0.15, 0.2) is 29.3 Å². The molecule has 1 unspecified atom stereocenters. The zero-order valence-electron chi connectivity index (χ0n) is 9.23. The predicted octanol–water partition coefficient (Wildman–Crippen LogP) is 0.0288. The van der Waals surface area contributed by atoms with Crippen molar-refractivity contribution < 1.29 is 4.74 Å². The van der Waals surface area contributed by atoms with Gasteiger partial charge < -0.3 is 10.1 Å². The fourth-order valence-corrected chi connectivity index (χ4v) is 1.77. The number of para-hydroxylation sites is 1. The van der Waals surface area contributed by atoms with E-state index in [1.165, 1.54) is 5.56 Å². The first-order chi connectivity index (χ1) is 7.83. The van der Waals surface area contributed by atoms with Gasteiger partial charge in [0.25, 0.3) is 0 Å². The van der Waals surface area contributed by atoms with Crippen molar-refractivity contribution >= 4 is 5.96 Å². The van der Waals surface area contributed by atoms with Gasteiger partial charge >= 0.3 is 0 Å². The highest BCUT2D eigenvalue weighted by Gasteiger charge is 2.21. The lowest BCUT2D eigenvalue weighted by atomic mass is 10.1. The van der Waals surface area contributed by atoms with Crippen molar-refractivity contribution in [2.24, 2.45) is 10.8 Å². The molecule has 4 N–H and O–H groups in total. The number of rotatable bonds is 2. The molecule has 1 aliphatic rings. The summed E-state index contributed by atoms with van der Waals surface area (Å²) in [5.41, 5.74) is 3.73. The number of hydrazine groups is 1. The summed E-state index contributed by atoms with van der Waals surface area (Å²) in [5.74, 6) is 6.81. The number of nitrogens with zero attached hydrogens (tertiary/aromatic N) is 1. The second-order valence-electron chi connectivity index (χ2n) is 3.65. The summed E-state index contributed by atoms with van der Waals surface area (Å²) in [6, 6.07) is 8.09. The van der Waals surface area contributed by atoms with Crippen LogP contribution < -0.4 is 21.3 Å². The number of benzene rings is 1. The first-order valence-electron chi connectivity index (χ1n) is 5.25. The molecule has 0 bridgehead atoms. The Bertz CT molecular complexity index is 366. The maximum absolute atomic E-state index is 5.76. The van der Waals surface area contributed by atoms with Crippen LogP contribution in [-0.4, -0.2) is 25.7 Å². The van der Waals surface area contributed by atoms with Gasteiger partial charge in [0, 0.05) is 13.5 Å². The fourth-order valence-electron chi connectivity index (χ4n) is 1.77. The molecule has 0 aliphatic carbocycles. The van der Waals surface area contributed by atoms with E-state index >= 15 is 0 Å². The predicted molar refractivity (Wildman–Crippen MR) is 63.2 cm³/mol.